The van der Waals surface area contributed by atoms with Crippen LogP contribution in [0.1, 0.15) is 22.8 Å². The van der Waals surface area contributed by atoms with E-state index in [-0.39, 0.29) is 11.6 Å². The molecule has 0 saturated heterocycles. The van der Waals surface area contributed by atoms with Crippen LogP contribution in [0.15, 0.2) is 46.9 Å². The molecule has 0 unspecified atom stereocenters. The van der Waals surface area contributed by atoms with Gasteiger partial charge in [0.2, 0.25) is 0 Å². The summed E-state index contributed by atoms with van der Waals surface area (Å²) in [7, 11) is 0. The van der Waals surface area contributed by atoms with Crippen molar-refractivity contribution in [1.82, 2.24) is 4.98 Å². The molecular weight excluding hydrogens is 270 g/mol. The lowest BCUT2D eigenvalue weighted by atomic mass is 10.2. The average molecular weight is 283 g/mol. The van der Waals surface area contributed by atoms with E-state index in [1.807, 2.05) is 24.3 Å². The van der Waals surface area contributed by atoms with E-state index in [1.54, 1.807) is 6.07 Å². The number of ether oxygens (including phenoxy) is 1. The molecule has 5 nitrogen and oxygen atoms in total. The highest BCUT2D eigenvalue weighted by atomic mass is 16.6. The van der Waals surface area contributed by atoms with Crippen molar-refractivity contribution in [3.63, 3.8) is 0 Å². The first kappa shape index (κ1) is 13.2. The first-order valence-corrected chi connectivity index (χ1v) is 6.56. The molecule has 0 bridgehead atoms. The summed E-state index contributed by atoms with van der Waals surface area (Å²) < 4.78 is 11.0. The zero-order valence-corrected chi connectivity index (χ0v) is 11.4. The number of carboxylic acids is 1. The molecule has 0 spiro atoms. The summed E-state index contributed by atoms with van der Waals surface area (Å²) in [6.45, 7) is 2.08. The standard InChI is InChI=1S/C16H13NO4/c1-2-10-3-6-12(7-4-10)20-16-17-13-8-5-11(15(18)19)9-14(13)21-16/h3-9H,2H2,1H3,(H,18,19). The number of oxazole rings is 1. The molecule has 0 fully saturated rings. The predicted molar refractivity (Wildman–Crippen MR) is 76.9 cm³/mol. The van der Waals surface area contributed by atoms with Crippen LogP contribution in [0.5, 0.6) is 11.8 Å². The summed E-state index contributed by atoms with van der Waals surface area (Å²) in [5, 5.41) is 8.94. The molecule has 21 heavy (non-hydrogen) atoms. The molecule has 0 atom stereocenters. The van der Waals surface area contributed by atoms with Gasteiger partial charge in [-0.2, -0.15) is 4.98 Å². The second-order valence-corrected chi connectivity index (χ2v) is 4.57. The van der Waals surface area contributed by atoms with E-state index in [9.17, 15) is 4.79 Å². The Kier molecular flexibility index (Phi) is 3.31. The van der Waals surface area contributed by atoms with Gasteiger partial charge in [-0.25, -0.2) is 4.79 Å². The molecule has 1 N–H and O–H groups in total. The van der Waals surface area contributed by atoms with Gasteiger partial charge in [-0.1, -0.05) is 19.1 Å². The van der Waals surface area contributed by atoms with Gasteiger partial charge >= 0.3 is 12.0 Å². The van der Waals surface area contributed by atoms with Crippen LogP contribution < -0.4 is 4.74 Å². The number of nitrogens with zero attached hydrogens (tertiary/aromatic N) is 1. The molecule has 5 heteroatoms. The molecule has 3 rings (SSSR count). The van der Waals surface area contributed by atoms with E-state index in [0.717, 1.165) is 6.42 Å². The van der Waals surface area contributed by atoms with E-state index in [2.05, 4.69) is 11.9 Å². The fourth-order valence-corrected chi connectivity index (χ4v) is 1.97. The van der Waals surface area contributed by atoms with Crippen molar-refractivity contribution in [2.45, 2.75) is 13.3 Å². The maximum atomic E-state index is 10.9. The fourth-order valence-electron chi connectivity index (χ4n) is 1.97. The molecular formula is C16H13NO4. The number of hydrogen-bond acceptors (Lipinski definition) is 4. The third-order valence-electron chi connectivity index (χ3n) is 3.15. The number of hydrogen-bond donors (Lipinski definition) is 1. The van der Waals surface area contributed by atoms with Crippen molar-refractivity contribution in [2.75, 3.05) is 0 Å². The molecule has 2 aromatic carbocycles. The number of aryl methyl sites for hydroxylation is 1. The van der Waals surface area contributed by atoms with Crippen LogP contribution in [0.25, 0.3) is 11.1 Å². The molecule has 0 radical (unpaired) electrons. The van der Waals surface area contributed by atoms with Crippen LogP contribution in [0, 0.1) is 0 Å². The summed E-state index contributed by atoms with van der Waals surface area (Å²) in [6.07, 6.45) is 1.05. The number of aromatic nitrogens is 1. The summed E-state index contributed by atoms with van der Waals surface area (Å²) in [4.78, 5) is 15.1. The van der Waals surface area contributed by atoms with E-state index in [1.165, 1.54) is 17.7 Å². The Morgan fingerprint density at radius 3 is 2.67 bits per heavy atom. The highest BCUT2D eigenvalue weighted by molar-refractivity contribution is 5.91. The van der Waals surface area contributed by atoms with Crippen molar-refractivity contribution in [1.29, 1.82) is 0 Å². The van der Waals surface area contributed by atoms with Crippen molar-refractivity contribution in [2.24, 2.45) is 0 Å². The number of carboxylic acid groups (broad SMARTS) is 1. The predicted octanol–water partition coefficient (Wildman–Crippen LogP) is 3.88. The van der Waals surface area contributed by atoms with Crippen LogP contribution >= 0.6 is 0 Å². The Balaban J connectivity index is 1.88. The zero-order valence-electron chi connectivity index (χ0n) is 11.4. The second-order valence-electron chi connectivity index (χ2n) is 4.57. The highest BCUT2D eigenvalue weighted by Crippen LogP contribution is 2.26. The third kappa shape index (κ3) is 2.72. The molecule has 1 heterocycles. The quantitative estimate of drug-likeness (QED) is 0.786. The van der Waals surface area contributed by atoms with Gasteiger partial charge in [0, 0.05) is 0 Å². The SMILES string of the molecule is CCc1ccc(Oc2nc3ccc(C(=O)O)cc3o2)cc1. The summed E-state index contributed by atoms with van der Waals surface area (Å²) in [6, 6.07) is 12.1. The maximum absolute atomic E-state index is 10.9. The van der Waals surface area contributed by atoms with E-state index in [4.69, 9.17) is 14.3 Å². The number of benzene rings is 2. The van der Waals surface area contributed by atoms with Crippen molar-refractivity contribution >= 4 is 17.1 Å². The minimum Gasteiger partial charge on any atom is -0.478 e. The Morgan fingerprint density at radius 2 is 2.00 bits per heavy atom. The minimum atomic E-state index is -1.01. The molecule has 0 aliphatic heterocycles. The normalized spacial score (nSPS) is 10.7. The van der Waals surface area contributed by atoms with Gasteiger partial charge in [0.1, 0.15) is 11.3 Å². The van der Waals surface area contributed by atoms with Gasteiger partial charge in [-0.3, -0.25) is 0 Å². The topological polar surface area (TPSA) is 72.6 Å². The van der Waals surface area contributed by atoms with Gasteiger partial charge < -0.3 is 14.3 Å². The lowest BCUT2D eigenvalue weighted by Gasteiger charge is -2.01. The lowest BCUT2D eigenvalue weighted by Crippen LogP contribution is -1.94. The van der Waals surface area contributed by atoms with E-state index < -0.39 is 5.97 Å². The minimum absolute atomic E-state index is 0.0942. The smallest absolute Gasteiger partial charge is 0.400 e. The zero-order chi connectivity index (χ0) is 14.8. The molecule has 1 aromatic heterocycles. The second kappa shape index (κ2) is 5.28. The van der Waals surface area contributed by atoms with E-state index in [0.29, 0.717) is 16.8 Å². The average Bonchev–Trinajstić information content (AvgIpc) is 2.89. The van der Waals surface area contributed by atoms with Crippen LogP contribution in [0.4, 0.5) is 0 Å². The Hall–Kier alpha value is -2.82. The monoisotopic (exact) mass is 283 g/mol. The van der Waals surface area contributed by atoms with Crippen molar-refractivity contribution in [3.05, 3.63) is 53.6 Å². The largest absolute Gasteiger partial charge is 0.478 e. The van der Waals surface area contributed by atoms with Crippen LogP contribution in [0.2, 0.25) is 0 Å². The van der Waals surface area contributed by atoms with Crippen LogP contribution in [-0.2, 0) is 6.42 Å². The number of aromatic carboxylic acids is 1. The van der Waals surface area contributed by atoms with Gasteiger partial charge in [-0.05, 0) is 42.3 Å². The highest BCUT2D eigenvalue weighted by Gasteiger charge is 2.11. The molecule has 0 amide bonds. The number of fused-ring (bicyclic) bond motifs is 1. The molecule has 0 saturated carbocycles. The Bertz CT molecular complexity index is 790. The van der Waals surface area contributed by atoms with Crippen LogP contribution in [-0.4, -0.2) is 16.1 Å². The molecule has 0 aliphatic rings. The van der Waals surface area contributed by atoms with Gasteiger partial charge in [0.05, 0.1) is 5.56 Å². The van der Waals surface area contributed by atoms with Crippen molar-refractivity contribution in [3.8, 4) is 11.8 Å². The van der Waals surface area contributed by atoms with Crippen LogP contribution in [0.3, 0.4) is 0 Å². The summed E-state index contributed by atoms with van der Waals surface area (Å²) in [5.41, 5.74) is 2.30. The molecule has 3 aromatic rings. The molecule has 0 aliphatic carbocycles. The van der Waals surface area contributed by atoms with Gasteiger partial charge in [0.15, 0.2) is 5.58 Å². The lowest BCUT2D eigenvalue weighted by molar-refractivity contribution is 0.0697. The Morgan fingerprint density at radius 1 is 1.24 bits per heavy atom. The first-order chi connectivity index (χ1) is 10.2. The third-order valence-corrected chi connectivity index (χ3v) is 3.15. The summed E-state index contributed by atoms with van der Waals surface area (Å²) in [5.74, 6) is -0.386. The van der Waals surface area contributed by atoms with Gasteiger partial charge in [-0.15, -0.1) is 0 Å². The maximum Gasteiger partial charge on any atom is 0.400 e. The fraction of sp³-hybridized carbons (Fsp3) is 0.125. The van der Waals surface area contributed by atoms with Gasteiger partial charge in [0.25, 0.3) is 0 Å². The van der Waals surface area contributed by atoms with E-state index >= 15 is 0 Å². The molecule has 106 valence electrons. The number of rotatable bonds is 4. The summed E-state index contributed by atoms with van der Waals surface area (Å²) >= 11 is 0. The first-order valence-electron chi connectivity index (χ1n) is 6.56. The Labute approximate surface area is 120 Å². The number of carbonyl (C=O) groups is 1. The van der Waals surface area contributed by atoms with Crippen molar-refractivity contribution < 1.29 is 19.1 Å².